The first-order chi connectivity index (χ1) is 9.97. The van der Waals surface area contributed by atoms with Crippen LogP contribution >= 0.6 is 23.2 Å². The third-order valence-electron chi connectivity index (χ3n) is 2.57. The number of rotatable bonds is 3. The lowest BCUT2D eigenvalue weighted by Crippen LogP contribution is -2.17. The van der Waals surface area contributed by atoms with Crippen molar-refractivity contribution >= 4 is 35.3 Å². The van der Waals surface area contributed by atoms with E-state index >= 15 is 0 Å². The molecule has 0 aliphatic heterocycles. The van der Waals surface area contributed by atoms with E-state index in [9.17, 15) is 9.90 Å². The summed E-state index contributed by atoms with van der Waals surface area (Å²) in [7, 11) is 0. The predicted molar refractivity (Wildman–Crippen MR) is 81.3 cm³/mol. The Morgan fingerprint density at radius 3 is 2.52 bits per heavy atom. The molecule has 2 aromatic rings. The first-order valence-corrected chi connectivity index (χ1v) is 6.53. The van der Waals surface area contributed by atoms with Crippen LogP contribution in [0, 0.1) is 0 Å². The van der Waals surface area contributed by atoms with Crippen LogP contribution in [0.5, 0.6) is 11.5 Å². The number of carbonyl (C=O) groups is 1. The second-order valence-corrected chi connectivity index (χ2v) is 4.91. The molecule has 0 saturated heterocycles. The number of hydrogen-bond donors (Lipinski definition) is 3. The van der Waals surface area contributed by atoms with E-state index in [1.54, 1.807) is 18.2 Å². The fourth-order valence-corrected chi connectivity index (χ4v) is 1.95. The molecule has 0 unspecified atom stereocenters. The van der Waals surface area contributed by atoms with Crippen molar-refractivity contribution < 1.29 is 15.0 Å². The van der Waals surface area contributed by atoms with E-state index in [1.807, 2.05) is 0 Å². The number of aromatic hydroxyl groups is 2. The van der Waals surface area contributed by atoms with Gasteiger partial charge in [0.05, 0.1) is 11.2 Å². The highest BCUT2D eigenvalue weighted by molar-refractivity contribution is 6.36. The molecule has 0 bridgehead atoms. The van der Waals surface area contributed by atoms with E-state index in [1.165, 1.54) is 18.3 Å². The van der Waals surface area contributed by atoms with E-state index in [-0.39, 0.29) is 17.1 Å². The van der Waals surface area contributed by atoms with Crippen LogP contribution in [0.3, 0.4) is 0 Å². The van der Waals surface area contributed by atoms with Crippen molar-refractivity contribution in [1.82, 2.24) is 5.43 Å². The quantitative estimate of drug-likeness (QED) is 0.460. The van der Waals surface area contributed by atoms with Crippen LogP contribution in [-0.4, -0.2) is 22.3 Å². The molecule has 21 heavy (non-hydrogen) atoms. The zero-order valence-corrected chi connectivity index (χ0v) is 12.1. The van der Waals surface area contributed by atoms with Gasteiger partial charge in [-0.3, -0.25) is 4.79 Å². The van der Waals surface area contributed by atoms with Crippen LogP contribution in [0.25, 0.3) is 0 Å². The summed E-state index contributed by atoms with van der Waals surface area (Å²) in [5.41, 5.74) is 3.03. The van der Waals surface area contributed by atoms with Crippen molar-refractivity contribution in [3.8, 4) is 11.5 Å². The minimum absolute atomic E-state index is 0.157. The van der Waals surface area contributed by atoms with Crippen LogP contribution in [0.2, 0.25) is 10.0 Å². The molecule has 1 amide bonds. The molecule has 3 N–H and O–H groups in total. The van der Waals surface area contributed by atoms with Gasteiger partial charge in [-0.1, -0.05) is 29.3 Å². The van der Waals surface area contributed by atoms with Crippen molar-refractivity contribution in [1.29, 1.82) is 0 Å². The van der Waals surface area contributed by atoms with Gasteiger partial charge in [-0.05, 0) is 30.3 Å². The molecule has 0 spiro atoms. The van der Waals surface area contributed by atoms with Gasteiger partial charge >= 0.3 is 0 Å². The fraction of sp³-hybridized carbons (Fsp3) is 0. The Hall–Kier alpha value is -2.24. The summed E-state index contributed by atoms with van der Waals surface area (Å²) >= 11 is 11.7. The van der Waals surface area contributed by atoms with Gasteiger partial charge in [-0.2, -0.15) is 5.10 Å². The number of nitrogens with one attached hydrogen (secondary N) is 1. The number of amides is 1. The molecule has 5 nitrogen and oxygen atoms in total. The second kappa shape index (κ2) is 6.47. The van der Waals surface area contributed by atoms with Crippen molar-refractivity contribution in [3.05, 3.63) is 57.6 Å². The van der Waals surface area contributed by atoms with Crippen LogP contribution in [0.15, 0.2) is 41.5 Å². The smallest absolute Gasteiger partial charge is 0.271 e. The zero-order chi connectivity index (χ0) is 15.4. The lowest BCUT2D eigenvalue weighted by molar-refractivity contribution is 0.0954. The van der Waals surface area contributed by atoms with Gasteiger partial charge in [0.1, 0.15) is 0 Å². The summed E-state index contributed by atoms with van der Waals surface area (Å²) in [6.45, 7) is 0. The van der Waals surface area contributed by atoms with Gasteiger partial charge in [0.2, 0.25) is 0 Å². The summed E-state index contributed by atoms with van der Waals surface area (Å²) in [5, 5.41) is 23.2. The number of carbonyl (C=O) groups excluding carboxylic acids is 1. The second-order valence-electron chi connectivity index (χ2n) is 4.07. The van der Waals surface area contributed by atoms with Crippen LogP contribution in [0.1, 0.15) is 15.9 Å². The molecule has 0 saturated carbocycles. The van der Waals surface area contributed by atoms with Crippen molar-refractivity contribution in [2.24, 2.45) is 5.10 Å². The number of hydrazone groups is 1. The largest absolute Gasteiger partial charge is 0.504 e. The van der Waals surface area contributed by atoms with E-state index in [2.05, 4.69) is 10.5 Å². The Labute approximate surface area is 130 Å². The van der Waals surface area contributed by atoms with Crippen molar-refractivity contribution in [3.63, 3.8) is 0 Å². The molecule has 0 atom stereocenters. The first-order valence-electron chi connectivity index (χ1n) is 5.78. The SMILES string of the molecule is O=C(N/N=C\c1ccc(Cl)cc1Cl)c1ccc(O)c(O)c1. The van der Waals surface area contributed by atoms with Crippen molar-refractivity contribution in [2.75, 3.05) is 0 Å². The van der Waals surface area contributed by atoms with E-state index in [4.69, 9.17) is 28.3 Å². The third kappa shape index (κ3) is 3.87. The maximum Gasteiger partial charge on any atom is 0.271 e. The molecule has 0 heterocycles. The molecule has 2 rings (SSSR count). The molecular formula is C14H10Cl2N2O3. The topological polar surface area (TPSA) is 81.9 Å². The number of phenolic OH excluding ortho intramolecular Hbond substituents is 2. The molecule has 0 aliphatic carbocycles. The van der Waals surface area contributed by atoms with Crippen LogP contribution < -0.4 is 5.43 Å². The molecule has 0 radical (unpaired) electrons. The summed E-state index contributed by atoms with van der Waals surface area (Å²) < 4.78 is 0. The fourth-order valence-electron chi connectivity index (χ4n) is 1.50. The van der Waals surface area contributed by atoms with Crippen molar-refractivity contribution in [2.45, 2.75) is 0 Å². The standard InChI is InChI=1S/C14H10Cl2N2O3/c15-10-3-1-9(11(16)6-10)7-17-18-14(21)8-2-4-12(19)13(20)5-8/h1-7,19-20H,(H,18,21)/b17-7-. The Balaban J connectivity index is 2.06. The summed E-state index contributed by atoms with van der Waals surface area (Å²) in [6.07, 6.45) is 1.37. The Bertz CT molecular complexity index is 717. The number of halogens is 2. The molecule has 2 aromatic carbocycles. The maximum atomic E-state index is 11.8. The van der Waals surface area contributed by atoms with Gasteiger partial charge < -0.3 is 10.2 Å². The Kier molecular flexibility index (Phi) is 4.67. The van der Waals surface area contributed by atoms with Crippen LogP contribution in [0.4, 0.5) is 0 Å². The third-order valence-corrected chi connectivity index (χ3v) is 3.13. The summed E-state index contributed by atoms with van der Waals surface area (Å²) in [6, 6.07) is 8.57. The van der Waals surface area contributed by atoms with E-state index in [0.29, 0.717) is 15.6 Å². The van der Waals surface area contributed by atoms with E-state index < -0.39 is 5.91 Å². The highest BCUT2D eigenvalue weighted by Crippen LogP contribution is 2.24. The molecule has 0 aliphatic rings. The first kappa shape index (κ1) is 15.2. The maximum absolute atomic E-state index is 11.8. The van der Waals surface area contributed by atoms with E-state index in [0.717, 1.165) is 6.07 Å². The average Bonchev–Trinajstić information content (AvgIpc) is 2.44. The Morgan fingerprint density at radius 1 is 1.10 bits per heavy atom. The van der Waals surface area contributed by atoms with Gasteiger partial charge in [-0.25, -0.2) is 5.43 Å². The molecular weight excluding hydrogens is 315 g/mol. The normalized spacial score (nSPS) is 10.8. The van der Waals surface area contributed by atoms with Gasteiger partial charge in [0.25, 0.3) is 5.91 Å². The minimum Gasteiger partial charge on any atom is -0.504 e. The highest BCUT2D eigenvalue weighted by atomic mass is 35.5. The summed E-state index contributed by atoms with van der Waals surface area (Å²) in [5.74, 6) is -1.22. The average molecular weight is 325 g/mol. The minimum atomic E-state index is -0.536. The lowest BCUT2D eigenvalue weighted by atomic mass is 10.2. The summed E-state index contributed by atoms with van der Waals surface area (Å²) in [4.78, 5) is 11.8. The molecule has 108 valence electrons. The molecule has 0 fully saturated rings. The lowest BCUT2D eigenvalue weighted by Gasteiger charge is -2.02. The monoisotopic (exact) mass is 324 g/mol. The predicted octanol–water partition coefficient (Wildman–Crippen LogP) is 3.17. The molecule has 0 aromatic heterocycles. The van der Waals surface area contributed by atoms with Gasteiger partial charge in [0.15, 0.2) is 11.5 Å². The number of hydrogen-bond acceptors (Lipinski definition) is 4. The molecule has 7 heteroatoms. The number of benzene rings is 2. The van der Waals surface area contributed by atoms with Gasteiger partial charge in [-0.15, -0.1) is 0 Å². The van der Waals surface area contributed by atoms with Crippen LogP contribution in [-0.2, 0) is 0 Å². The Morgan fingerprint density at radius 2 is 1.86 bits per heavy atom. The number of phenols is 2. The zero-order valence-electron chi connectivity index (χ0n) is 10.5. The number of nitrogens with zero attached hydrogens (tertiary/aromatic N) is 1. The van der Waals surface area contributed by atoms with Gasteiger partial charge in [0, 0.05) is 16.1 Å². The highest BCUT2D eigenvalue weighted by Gasteiger charge is 2.07.